The second-order valence-corrected chi connectivity index (χ2v) is 19.8. The van der Waals surface area contributed by atoms with E-state index in [4.69, 9.17) is 14.5 Å². The highest BCUT2D eigenvalue weighted by atomic mass is 16.5. The normalized spacial score (nSPS) is 20.5. The molecule has 6 unspecified atom stereocenters. The molecule has 4 heterocycles. The Hall–Kier alpha value is -6.38. The number of H-pyrrole nitrogens is 1. The molecule has 67 heavy (non-hydrogen) atoms. The molecular weight excluding hydrogens is 849 g/mol. The Morgan fingerprint density at radius 1 is 0.672 bits per heavy atom. The number of ether oxygens (including phenoxy) is 2. The van der Waals surface area contributed by atoms with Crippen LogP contribution in [0.5, 0.6) is 0 Å². The molecule has 5 amide bonds. The fourth-order valence-corrected chi connectivity index (χ4v) is 9.88. The first-order chi connectivity index (χ1) is 32.0. The summed E-state index contributed by atoms with van der Waals surface area (Å²) < 4.78 is 9.55. The highest BCUT2D eigenvalue weighted by molar-refractivity contribution is 5.98. The highest BCUT2D eigenvalue weighted by Crippen LogP contribution is 2.47. The number of hydrogen-bond donors (Lipinski definition) is 4. The van der Waals surface area contributed by atoms with Gasteiger partial charge in [0, 0.05) is 24.5 Å². The summed E-state index contributed by atoms with van der Waals surface area (Å²) in [6.45, 7) is 15.2. The molecule has 3 fully saturated rings. The van der Waals surface area contributed by atoms with Crippen LogP contribution in [-0.2, 0) is 29.3 Å². The van der Waals surface area contributed by atoms with Gasteiger partial charge in [-0.25, -0.2) is 14.6 Å². The van der Waals surface area contributed by atoms with E-state index in [1.165, 1.54) is 25.3 Å². The zero-order valence-electron chi connectivity index (χ0n) is 40.4. The molecule has 0 saturated carbocycles. The van der Waals surface area contributed by atoms with E-state index in [0.29, 0.717) is 31.6 Å². The number of hydrogen-bond acceptors (Lipinski definition) is 9. The quantitative estimate of drug-likeness (QED) is 0.102. The molecule has 0 spiro atoms. The number of aromatic nitrogens is 2. The molecule has 1 aromatic heterocycles. The zero-order valence-corrected chi connectivity index (χ0v) is 40.4. The Morgan fingerprint density at radius 3 is 1.73 bits per heavy atom. The molecule has 6 atom stereocenters. The van der Waals surface area contributed by atoms with Gasteiger partial charge in [0.15, 0.2) is 0 Å². The second-order valence-electron chi connectivity index (χ2n) is 19.8. The van der Waals surface area contributed by atoms with Crippen molar-refractivity contribution in [2.24, 2.45) is 11.8 Å². The van der Waals surface area contributed by atoms with Crippen molar-refractivity contribution in [2.45, 2.75) is 129 Å². The van der Waals surface area contributed by atoms with Crippen LogP contribution in [0, 0.1) is 11.8 Å². The number of imidazole rings is 1. The number of amides is 5. The Kier molecular flexibility index (Phi) is 15.0. The number of benzene rings is 3. The van der Waals surface area contributed by atoms with E-state index in [-0.39, 0.29) is 53.1 Å². The fraction of sp³-hybridized carbons (Fsp3) is 0.500. The highest BCUT2D eigenvalue weighted by Gasteiger charge is 2.41. The van der Waals surface area contributed by atoms with Gasteiger partial charge >= 0.3 is 12.2 Å². The average molecular weight is 917 g/mol. The van der Waals surface area contributed by atoms with E-state index in [1.54, 1.807) is 4.90 Å². The first kappa shape index (κ1) is 48.6. The molecule has 3 aromatic carbocycles. The van der Waals surface area contributed by atoms with Gasteiger partial charge in [0.1, 0.15) is 23.9 Å². The lowest BCUT2D eigenvalue weighted by Crippen LogP contribution is -2.54. The monoisotopic (exact) mass is 917 g/mol. The van der Waals surface area contributed by atoms with Crippen LogP contribution in [-0.4, -0.2) is 95.1 Å². The maximum Gasteiger partial charge on any atom is 0.407 e. The van der Waals surface area contributed by atoms with Crippen molar-refractivity contribution in [3.63, 3.8) is 0 Å². The number of alkyl carbamates (subject to hydrolysis) is 2. The molecule has 15 heteroatoms. The third-order valence-corrected chi connectivity index (χ3v) is 13.7. The van der Waals surface area contributed by atoms with E-state index >= 15 is 0 Å². The number of anilines is 2. The fourth-order valence-electron chi connectivity index (χ4n) is 9.88. The van der Waals surface area contributed by atoms with Gasteiger partial charge in [0.2, 0.25) is 17.7 Å². The summed E-state index contributed by atoms with van der Waals surface area (Å²) in [5.41, 5.74) is 7.22. The SMILES string of the molecule is COC(=O)NC(C(=O)N1CCCC1C(=O)Nc1ccc(C2CCC(c3ccc(-c4cnc(C5CCCN5C(=O)C(NC(=O)OC)C(C)C)[nH]4)cc3)N2c2ccc(C(C)(C)C)cc2)cc1)C(C)C. The number of carbonyl (C=O) groups excluding carboxylic acids is 5. The van der Waals surface area contributed by atoms with Gasteiger partial charge in [-0.1, -0.05) is 97.0 Å². The third-order valence-electron chi connectivity index (χ3n) is 13.7. The van der Waals surface area contributed by atoms with Crippen LogP contribution in [0.1, 0.15) is 128 Å². The first-order valence-electron chi connectivity index (χ1n) is 23.7. The summed E-state index contributed by atoms with van der Waals surface area (Å²) in [6, 6.07) is 23.4. The van der Waals surface area contributed by atoms with Gasteiger partial charge in [0.05, 0.1) is 44.2 Å². The van der Waals surface area contributed by atoms with Gasteiger partial charge < -0.3 is 45.1 Å². The molecule has 358 valence electrons. The minimum absolute atomic E-state index is 0.00760. The summed E-state index contributed by atoms with van der Waals surface area (Å²) >= 11 is 0. The van der Waals surface area contributed by atoms with Gasteiger partial charge in [0.25, 0.3) is 0 Å². The molecule has 4 aromatic rings. The van der Waals surface area contributed by atoms with Crippen LogP contribution in [0.25, 0.3) is 11.3 Å². The Labute approximate surface area is 394 Å². The Balaban J connectivity index is 1.08. The van der Waals surface area contributed by atoms with Crippen LogP contribution in [0.4, 0.5) is 21.0 Å². The zero-order chi connectivity index (χ0) is 48.2. The van der Waals surface area contributed by atoms with Crippen molar-refractivity contribution < 1.29 is 33.4 Å². The van der Waals surface area contributed by atoms with Gasteiger partial charge in [-0.3, -0.25) is 14.4 Å². The standard InChI is InChI=1S/C52H68N8O7/c1-31(2)44(56-50(64)66-8)48(62)58-28-10-12-42(58)46-53-30-39(55-46)33-14-16-34(17-15-33)40-26-27-41(60(40)38-24-20-36(21-25-38)52(5,6)7)35-18-22-37(23-19-35)54-47(61)43-13-11-29-59(43)49(63)45(32(3)4)57-51(65)67-9/h14-25,30-32,40-45H,10-13,26-29H2,1-9H3,(H,53,55)(H,54,61)(H,56,64)(H,57,65). The van der Waals surface area contributed by atoms with Crippen LogP contribution >= 0.6 is 0 Å². The lowest BCUT2D eigenvalue weighted by molar-refractivity contribution is -0.139. The van der Waals surface area contributed by atoms with Gasteiger partial charge in [-0.15, -0.1) is 0 Å². The molecule has 15 nitrogen and oxygen atoms in total. The number of rotatable bonds is 13. The summed E-state index contributed by atoms with van der Waals surface area (Å²) in [6.07, 6.45) is 5.20. The maximum absolute atomic E-state index is 13.7. The van der Waals surface area contributed by atoms with Crippen molar-refractivity contribution in [3.05, 3.63) is 102 Å². The topological polar surface area (TPSA) is 178 Å². The van der Waals surface area contributed by atoms with E-state index < -0.39 is 30.3 Å². The summed E-state index contributed by atoms with van der Waals surface area (Å²) in [4.78, 5) is 79.3. The maximum atomic E-state index is 13.7. The van der Waals surface area contributed by atoms with Crippen molar-refractivity contribution in [2.75, 3.05) is 37.5 Å². The molecule has 4 N–H and O–H groups in total. The molecule has 3 saturated heterocycles. The number of nitrogens with one attached hydrogen (secondary N) is 4. The minimum atomic E-state index is -0.804. The molecule has 3 aliphatic rings. The van der Waals surface area contributed by atoms with E-state index in [0.717, 1.165) is 54.0 Å². The predicted molar refractivity (Wildman–Crippen MR) is 258 cm³/mol. The van der Waals surface area contributed by atoms with Crippen molar-refractivity contribution in [1.29, 1.82) is 0 Å². The molecule has 7 rings (SSSR count). The molecule has 0 radical (unpaired) electrons. The Bertz CT molecular complexity index is 2370. The smallest absolute Gasteiger partial charge is 0.407 e. The number of carbonyl (C=O) groups is 5. The van der Waals surface area contributed by atoms with E-state index in [2.05, 4.69) is 107 Å². The van der Waals surface area contributed by atoms with E-state index in [1.807, 2.05) is 50.9 Å². The van der Waals surface area contributed by atoms with E-state index in [9.17, 15) is 24.0 Å². The van der Waals surface area contributed by atoms with Crippen molar-refractivity contribution in [1.82, 2.24) is 30.4 Å². The molecule has 0 aliphatic carbocycles. The molecular formula is C52H68N8O7. The Morgan fingerprint density at radius 2 is 1.19 bits per heavy atom. The predicted octanol–water partition coefficient (Wildman–Crippen LogP) is 8.81. The summed E-state index contributed by atoms with van der Waals surface area (Å²) in [7, 11) is 2.55. The van der Waals surface area contributed by atoms with Crippen molar-refractivity contribution >= 4 is 41.3 Å². The number of likely N-dealkylation sites (tertiary alicyclic amines) is 2. The molecule has 0 bridgehead atoms. The lowest BCUT2D eigenvalue weighted by atomic mass is 9.87. The minimum Gasteiger partial charge on any atom is -0.453 e. The third kappa shape index (κ3) is 10.8. The van der Waals surface area contributed by atoms with Crippen LogP contribution < -0.4 is 20.9 Å². The van der Waals surface area contributed by atoms with Crippen LogP contribution in [0.3, 0.4) is 0 Å². The van der Waals surface area contributed by atoms with Gasteiger partial charge in [-0.05, 0) is 102 Å². The number of methoxy groups -OCH3 is 2. The largest absolute Gasteiger partial charge is 0.453 e. The summed E-state index contributed by atoms with van der Waals surface area (Å²) in [5.74, 6) is -0.280. The second kappa shape index (κ2) is 20.6. The number of nitrogens with zero attached hydrogens (tertiary/aromatic N) is 4. The van der Waals surface area contributed by atoms with Crippen LogP contribution in [0.15, 0.2) is 79.0 Å². The number of aromatic amines is 1. The average Bonchev–Trinajstić information content (AvgIpc) is 4.16. The lowest BCUT2D eigenvalue weighted by Gasteiger charge is -2.34. The summed E-state index contributed by atoms with van der Waals surface area (Å²) in [5, 5.41) is 8.42. The first-order valence-corrected chi connectivity index (χ1v) is 23.7. The van der Waals surface area contributed by atoms with Gasteiger partial charge in [-0.2, -0.15) is 0 Å². The van der Waals surface area contributed by atoms with Crippen molar-refractivity contribution in [3.8, 4) is 11.3 Å². The molecule has 3 aliphatic heterocycles. The van der Waals surface area contributed by atoms with Crippen LogP contribution in [0.2, 0.25) is 0 Å².